The average molecular weight is 446 g/mol. The number of imide groups is 1. The number of fused-ring (bicyclic) bond motifs is 1. The number of carbonyl (C=O) groups excluding carboxylic acids is 2. The van der Waals surface area contributed by atoms with Crippen molar-refractivity contribution in [3.63, 3.8) is 0 Å². The summed E-state index contributed by atoms with van der Waals surface area (Å²) in [6.07, 6.45) is 3.91. The Hall–Kier alpha value is -2.63. The monoisotopic (exact) mass is 445 g/mol. The minimum atomic E-state index is -1.14. The van der Waals surface area contributed by atoms with E-state index in [9.17, 15) is 19.1 Å². The number of halogens is 3. The van der Waals surface area contributed by atoms with Gasteiger partial charge in [-0.05, 0) is 54.8 Å². The Kier molecular flexibility index (Phi) is 4.99. The second kappa shape index (κ2) is 7.25. The number of benzene rings is 2. The van der Waals surface area contributed by atoms with Crippen LogP contribution >= 0.6 is 23.2 Å². The number of allylic oxidation sites excluding steroid dienone is 3. The molecule has 0 spiro atoms. The van der Waals surface area contributed by atoms with Gasteiger partial charge in [-0.3, -0.25) is 9.59 Å². The minimum absolute atomic E-state index is 0.00167. The summed E-state index contributed by atoms with van der Waals surface area (Å²) in [6.45, 7) is 5.61. The molecule has 30 heavy (non-hydrogen) atoms. The topological polar surface area (TPSA) is 57.6 Å². The highest BCUT2D eigenvalue weighted by atomic mass is 35.5. The van der Waals surface area contributed by atoms with Gasteiger partial charge in [0.15, 0.2) is 0 Å². The van der Waals surface area contributed by atoms with Crippen LogP contribution in [0, 0.1) is 17.2 Å². The smallest absolute Gasteiger partial charge is 0.241 e. The molecule has 4 rings (SSSR count). The van der Waals surface area contributed by atoms with E-state index in [4.69, 9.17) is 23.2 Å². The number of anilines is 1. The lowest BCUT2D eigenvalue weighted by Crippen LogP contribution is -2.41. The second-order valence-electron chi connectivity index (χ2n) is 7.70. The summed E-state index contributed by atoms with van der Waals surface area (Å²) in [4.78, 5) is 28.1. The first-order chi connectivity index (χ1) is 14.2. The fraction of sp³-hybridized carbons (Fsp3) is 0.217. The van der Waals surface area contributed by atoms with Crippen molar-refractivity contribution in [2.45, 2.75) is 19.3 Å². The van der Waals surface area contributed by atoms with Crippen LogP contribution in [0.25, 0.3) is 0 Å². The lowest BCUT2D eigenvalue weighted by atomic mass is 9.60. The Labute approximate surface area is 183 Å². The number of hydrogen-bond acceptors (Lipinski definition) is 3. The molecule has 0 aromatic heterocycles. The van der Waals surface area contributed by atoms with Crippen LogP contribution in [0.5, 0.6) is 5.75 Å². The predicted molar refractivity (Wildman–Crippen MR) is 114 cm³/mol. The van der Waals surface area contributed by atoms with E-state index in [1.807, 2.05) is 6.08 Å². The number of nitrogens with zero attached hydrogens (tertiary/aromatic N) is 1. The molecule has 0 radical (unpaired) electrons. The number of rotatable bonds is 3. The Balaban J connectivity index is 1.88. The third-order valence-corrected chi connectivity index (χ3v) is 6.74. The Bertz CT molecular complexity index is 1130. The molecule has 154 valence electrons. The van der Waals surface area contributed by atoms with E-state index in [0.29, 0.717) is 12.0 Å². The normalized spacial score (nSPS) is 25.9. The molecule has 2 aromatic carbocycles. The molecule has 0 bridgehead atoms. The first-order valence-electron chi connectivity index (χ1n) is 9.34. The summed E-state index contributed by atoms with van der Waals surface area (Å²) in [5.41, 5.74) is 0.480. The van der Waals surface area contributed by atoms with E-state index in [1.54, 1.807) is 19.1 Å². The molecule has 1 N–H and O–H groups in total. The Morgan fingerprint density at radius 2 is 1.93 bits per heavy atom. The zero-order valence-corrected chi connectivity index (χ0v) is 17.5. The van der Waals surface area contributed by atoms with Gasteiger partial charge < -0.3 is 5.11 Å². The van der Waals surface area contributed by atoms with Crippen molar-refractivity contribution in [1.29, 1.82) is 0 Å². The highest BCUT2D eigenvalue weighted by Gasteiger charge is 2.62. The molecule has 1 aliphatic heterocycles. The molecule has 1 saturated heterocycles. The van der Waals surface area contributed by atoms with Crippen molar-refractivity contribution in [2.75, 3.05) is 4.90 Å². The zero-order chi connectivity index (χ0) is 21.8. The summed E-state index contributed by atoms with van der Waals surface area (Å²) in [5.74, 6) is -2.59. The van der Waals surface area contributed by atoms with Gasteiger partial charge in [0.1, 0.15) is 11.6 Å². The summed E-state index contributed by atoms with van der Waals surface area (Å²) < 4.78 is 13.6. The van der Waals surface area contributed by atoms with E-state index < -0.39 is 29.0 Å². The van der Waals surface area contributed by atoms with Crippen LogP contribution in [-0.4, -0.2) is 16.9 Å². The Morgan fingerprint density at radius 3 is 2.57 bits per heavy atom. The summed E-state index contributed by atoms with van der Waals surface area (Å²) >= 11 is 12.3. The van der Waals surface area contributed by atoms with Gasteiger partial charge in [-0.1, -0.05) is 48.0 Å². The quantitative estimate of drug-likeness (QED) is 0.622. The van der Waals surface area contributed by atoms with Gasteiger partial charge in [0.25, 0.3) is 0 Å². The van der Waals surface area contributed by atoms with Gasteiger partial charge in [0, 0.05) is 10.9 Å². The average Bonchev–Trinajstić information content (AvgIpc) is 2.90. The third kappa shape index (κ3) is 2.88. The first kappa shape index (κ1) is 20.6. The van der Waals surface area contributed by atoms with Crippen molar-refractivity contribution < 1.29 is 19.1 Å². The van der Waals surface area contributed by atoms with Crippen molar-refractivity contribution in [2.24, 2.45) is 11.3 Å². The van der Waals surface area contributed by atoms with Gasteiger partial charge in [0.05, 0.1) is 22.0 Å². The Morgan fingerprint density at radius 1 is 1.20 bits per heavy atom. The van der Waals surface area contributed by atoms with Gasteiger partial charge in [-0.2, -0.15) is 0 Å². The maximum absolute atomic E-state index is 13.7. The van der Waals surface area contributed by atoms with Gasteiger partial charge in [-0.15, -0.1) is 0 Å². The van der Waals surface area contributed by atoms with Gasteiger partial charge >= 0.3 is 0 Å². The van der Waals surface area contributed by atoms with Crippen LogP contribution in [0.4, 0.5) is 10.1 Å². The van der Waals surface area contributed by atoms with Crippen LogP contribution in [0.1, 0.15) is 24.8 Å². The molecule has 1 heterocycles. The minimum Gasteiger partial charge on any atom is -0.508 e. The maximum Gasteiger partial charge on any atom is 0.241 e. The number of phenolic OH excluding ortho intramolecular Hbond substituents is 1. The summed E-state index contributed by atoms with van der Waals surface area (Å²) in [5, 5.41) is 9.87. The summed E-state index contributed by atoms with van der Waals surface area (Å²) in [7, 11) is 0. The molecule has 2 aliphatic rings. The van der Waals surface area contributed by atoms with Crippen LogP contribution in [-0.2, 0) is 9.59 Å². The number of phenols is 1. The molecule has 3 unspecified atom stereocenters. The highest BCUT2D eigenvalue weighted by Crippen LogP contribution is 2.57. The predicted octanol–water partition coefficient (Wildman–Crippen LogP) is 5.63. The van der Waals surface area contributed by atoms with Crippen LogP contribution < -0.4 is 4.90 Å². The molecule has 0 saturated carbocycles. The van der Waals surface area contributed by atoms with E-state index in [1.165, 1.54) is 24.3 Å². The first-order valence-corrected chi connectivity index (χ1v) is 10.1. The van der Waals surface area contributed by atoms with Gasteiger partial charge in [-0.25, -0.2) is 9.29 Å². The van der Waals surface area contributed by atoms with Crippen LogP contribution in [0.2, 0.25) is 10.0 Å². The van der Waals surface area contributed by atoms with E-state index in [0.717, 1.165) is 16.5 Å². The molecule has 1 fully saturated rings. The van der Waals surface area contributed by atoms with Crippen molar-refractivity contribution in [3.8, 4) is 5.75 Å². The fourth-order valence-corrected chi connectivity index (χ4v) is 5.07. The number of carbonyl (C=O) groups is 2. The second-order valence-corrected chi connectivity index (χ2v) is 8.51. The van der Waals surface area contributed by atoms with Crippen LogP contribution in [0.15, 0.2) is 60.7 Å². The molecule has 2 aromatic rings. The number of hydrogen-bond donors (Lipinski definition) is 1. The third-order valence-electron chi connectivity index (χ3n) is 6.12. The highest BCUT2D eigenvalue weighted by molar-refractivity contribution is 6.32. The van der Waals surface area contributed by atoms with Crippen molar-refractivity contribution in [1.82, 2.24) is 0 Å². The molecular weight excluding hydrogens is 428 g/mol. The molecule has 2 amide bonds. The fourth-order valence-electron chi connectivity index (χ4n) is 4.61. The standard InChI is InChI=1S/C23H18Cl2FNO3/c1-3-12-4-8-16-21(29)27(13-5-9-19(26)18(25)10-13)22(30)23(16,2)20(12)15-7-6-14(28)11-17(15)24/h3-7,9-11,16,20,28H,1,8H2,2H3. The number of amides is 2. The summed E-state index contributed by atoms with van der Waals surface area (Å²) in [6, 6.07) is 8.32. The molecular formula is C23H18Cl2FNO3. The van der Waals surface area contributed by atoms with Crippen LogP contribution in [0.3, 0.4) is 0 Å². The lowest BCUT2D eigenvalue weighted by Gasteiger charge is -2.40. The van der Waals surface area contributed by atoms with Crippen molar-refractivity contribution in [3.05, 3.63) is 82.1 Å². The maximum atomic E-state index is 13.7. The number of aromatic hydroxyl groups is 1. The lowest BCUT2D eigenvalue weighted by molar-refractivity contribution is -0.127. The van der Waals surface area contributed by atoms with E-state index >= 15 is 0 Å². The SMILES string of the molecule is C=CC1=CCC2C(=O)N(c3ccc(F)c(Cl)c3)C(=O)C2(C)C1c1ccc(O)cc1Cl. The molecule has 1 aliphatic carbocycles. The zero-order valence-electron chi connectivity index (χ0n) is 16.0. The molecule has 4 nitrogen and oxygen atoms in total. The van der Waals surface area contributed by atoms with E-state index in [2.05, 4.69) is 6.58 Å². The largest absolute Gasteiger partial charge is 0.508 e. The van der Waals surface area contributed by atoms with Gasteiger partial charge in [0.2, 0.25) is 11.8 Å². The molecule has 3 atom stereocenters. The van der Waals surface area contributed by atoms with E-state index in [-0.39, 0.29) is 27.4 Å². The molecule has 7 heteroatoms. The van der Waals surface area contributed by atoms with Crippen molar-refractivity contribution >= 4 is 40.7 Å².